The smallest absolute Gasteiger partial charge is 0.350 e. The molecule has 7 heteroatoms. The maximum absolute atomic E-state index is 13.3. The average molecular weight is 421 g/mol. The molecule has 1 N–H and O–H groups in total. The number of benzene rings is 2. The molecule has 0 radical (unpaired) electrons. The predicted molar refractivity (Wildman–Crippen MR) is 121 cm³/mol. The first-order valence-corrected chi connectivity index (χ1v) is 10.3. The van der Waals surface area contributed by atoms with E-state index in [1.54, 1.807) is 6.07 Å². The van der Waals surface area contributed by atoms with Gasteiger partial charge in [0.05, 0.1) is 12.2 Å². The van der Waals surface area contributed by atoms with Crippen LogP contribution in [0.25, 0.3) is 5.69 Å². The van der Waals surface area contributed by atoms with E-state index in [4.69, 9.17) is 0 Å². The molecule has 1 aromatic heterocycles. The summed E-state index contributed by atoms with van der Waals surface area (Å²) in [5, 5.41) is 6.90. The molecule has 1 heterocycles. The van der Waals surface area contributed by atoms with E-state index in [-0.39, 0.29) is 18.2 Å². The minimum Gasteiger partial charge on any atom is -0.350 e. The number of aryl methyl sites for hydroxylation is 3. The number of amides is 1. The van der Waals surface area contributed by atoms with Crippen LogP contribution < -0.4 is 16.6 Å². The van der Waals surface area contributed by atoms with E-state index in [1.807, 2.05) is 71.0 Å². The van der Waals surface area contributed by atoms with E-state index >= 15 is 0 Å². The zero-order chi connectivity index (χ0) is 22.7. The fourth-order valence-electron chi connectivity index (χ4n) is 3.16. The van der Waals surface area contributed by atoms with E-state index in [0.717, 1.165) is 31.5 Å². The Morgan fingerprint density at radius 2 is 1.71 bits per heavy atom. The number of hydrogen-bond acceptors (Lipinski definition) is 4. The summed E-state index contributed by atoms with van der Waals surface area (Å²) in [6.45, 7) is 10.2. The molecule has 31 heavy (non-hydrogen) atoms. The van der Waals surface area contributed by atoms with E-state index in [1.165, 1.54) is 0 Å². The SMILES string of the molecule is Cc1ccc(-n2nc(C(=O)NCC(C)C)c(=O)n(Cc3ccccc3C)c2=O)cc1C. The van der Waals surface area contributed by atoms with Crippen molar-refractivity contribution in [1.29, 1.82) is 0 Å². The number of aromatic nitrogens is 3. The number of hydrogen-bond donors (Lipinski definition) is 1. The summed E-state index contributed by atoms with van der Waals surface area (Å²) in [6, 6.07) is 13.0. The van der Waals surface area contributed by atoms with Crippen LogP contribution in [0.1, 0.15) is 46.6 Å². The minimum atomic E-state index is -0.699. The van der Waals surface area contributed by atoms with Gasteiger partial charge in [-0.2, -0.15) is 9.78 Å². The molecule has 0 bridgehead atoms. The van der Waals surface area contributed by atoms with Crippen molar-refractivity contribution < 1.29 is 4.79 Å². The summed E-state index contributed by atoms with van der Waals surface area (Å²) in [4.78, 5) is 39.2. The summed E-state index contributed by atoms with van der Waals surface area (Å²) in [6.07, 6.45) is 0. The predicted octanol–water partition coefficient (Wildman–Crippen LogP) is 2.75. The lowest BCUT2D eigenvalue weighted by atomic mass is 10.1. The lowest BCUT2D eigenvalue weighted by molar-refractivity contribution is 0.0939. The molecule has 2 aromatic carbocycles. The molecule has 0 saturated heterocycles. The van der Waals surface area contributed by atoms with Crippen LogP contribution in [0, 0.1) is 26.7 Å². The van der Waals surface area contributed by atoms with Gasteiger partial charge in [0.25, 0.3) is 11.5 Å². The Bertz CT molecular complexity index is 1240. The molecule has 0 aliphatic rings. The second-order valence-electron chi connectivity index (χ2n) is 8.23. The van der Waals surface area contributed by atoms with Gasteiger partial charge in [0.2, 0.25) is 5.69 Å². The third kappa shape index (κ3) is 4.82. The van der Waals surface area contributed by atoms with E-state index in [0.29, 0.717) is 12.2 Å². The quantitative estimate of drug-likeness (QED) is 0.664. The van der Waals surface area contributed by atoms with Crippen LogP contribution in [-0.2, 0) is 6.54 Å². The van der Waals surface area contributed by atoms with Gasteiger partial charge < -0.3 is 5.32 Å². The lowest BCUT2D eigenvalue weighted by Crippen LogP contribution is -2.46. The maximum Gasteiger partial charge on any atom is 0.352 e. The molecule has 0 unspecified atom stereocenters. The summed E-state index contributed by atoms with van der Waals surface area (Å²) >= 11 is 0. The van der Waals surface area contributed by atoms with Crippen molar-refractivity contribution in [3.8, 4) is 5.69 Å². The lowest BCUT2D eigenvalue weighted by Gasteiger charge is -2.14. The highest BCUT2D eigenvalue weighted by molar-refractivity contribution is 5.91. The Hall–Kier alpha value is -3.48. The van der Waals surface area contributed by atoms with Gasteiger partial charge in [-0.25, -0.2) is 4.79 Å². The third-order valence-electron chi connectivity index (χ3n) is 5.27. The number of nitrogens with zero attached hydrogens (tertiary/aromatic N) is 3. The molecule has 0 aliphatic carbocycles. The zero-order valence-corrected chi connectivity index (χ0v) is 18.6. The fraction of sp³-hybridized carbons (Fsp3) is 0.333. The number of rotatable bonds is 6. The molecule has 3 rings (SSSR count). The van der Waals surface area contributed by atoms with Crippen LogP contribution in [0.3, 0.4) is 0 Å². The van der Waals surface area contributed by atoms with Crippen molar-refractivity contribution in [3.05, 3.63) is 91.3 Å². The van der Waals surface area contributed by atoms with Gasteiger partial charge in [-0.3, -0.25) is 14.2 Å². The van der Waals surface area contributed by atoms with Crippen LogP contribution >= 0.6 is 0 Å². The number of carbonyl (C=O) groups excluding carboxylic acids is 1. The first-order valence-electron chi connectivity index (χ1n) is 10.3. The summed E-state index contributed by atoms with van der Waals surface area (Å²) in [5.74, 6) is -0.376. The largest absolute Gasteiger partial charge is 0.352 e. The van der Waals surface area contributed by atoms with Crippen molar-refractivity contribution in [2.45, 2.75) is 41.2 Å². The van der Waals surface area contributed by atoms with Gasteiger partial charge in [-0.1, -0.05) is 44.2 Å². The van der Waals surface area contributed by atoms with Crippen LogP contribution in [-0.4, -0.2) is 26.8 Å². The molecular formula is C24H28N4O3. The molecule has 1 amide bonds. The molecule has 0 saturated carbocycles. The Labute approximate surface area is 181 Å². The zero-order valence-electron chi connectivity index (χ0n) is 18.6. The van der Waals surface area contributed by atoms with Crippen LogP contribution in [0.5, 0.6) is 0 Å². The van der Waals surface area contributed by atoms with Gasteiger partial charge in [0, 0.05) is 6.54 Å². The standard InChI is InChI=1S/C24H28N4O3/c1-15(2)13-25-22(29)21-23(30)27(14-19-9-7-6-8-17(19)4)24(31)28(26-21)20-11-10-16(3)18(5)12-20/h6-12,15H,13-14H2,1-5H3,(H,25,29). The molecule has 0 spiro atoms. The highest BCUT2D eigenvalue weighted by Crippen LogP contribution is 2.12. The maximum atomic E-state index is 13.3. The molecular weight excluding hydrogens is 392 g/mol. The minimum absolute atomic E-state index is 0.0577. The van der Waals surface area contributed by atoms with Crippen molar-refractivity contribution >= 4 is 5.91 Å². The van der Waals surface area contributed by atoms with Gasteiger partial charge >= 0.3 is 5.69 Å². The Morgan fingerprint density at radius 1 is 1.00 bits per heavy atom. The fourth-order valence-corrected chi connectivity index (χ4v) is 3.16. The van der Waals surface area contributed by atoms with E-state index in [2.05, 4.69) is 10.4 Å². The van der Waals surface area contributed by atoms with Gasteiger partial charge in [0.15, 0.2) is 0 Å². The summed E-state index contributed by atoms with van der Waals surface area (Å²) < 4.78 is 2.21. The van der Waals surface area contributed by atoms with Gasteiger partial charge in [0.1, 0.15) is 0 Å². The molecule has 162 valence electrons. The number of nitrogens with one attached hydrogen (secondary N) is 1. The van der Waals surface area contributed by atoms with Crippen LogP contribution in [0.4, 0.5) is 0 Å². The van der Waals surface area contributed by atoms with Crippen LogP contribution in [0.2, 0.25) is 0 Å². The van der Waals surface area contributed by atoms with Crippen molar-refractivity contribution in [1.82, 2.24) is 19.7 Å². The average Bonchev–Trinajstić information content (AvgIpc) is 2.73. The van der Waals surface area contributed by atoms with Gasteiger partial charge in [-0.15, -0.1) is 0 Å². The topological polar surface area (TPSA) is 86.0 Å². The highest BCUT2D eigenvalue weighted by atomic mass is 16.2. The molecule has 0 atom stereocenters. The van der Waals surface area contributed by atoms with Crippen LogP contribution in [0.15, 0.2) is 52.1 Å². The Morgan fingerprint density at radius 3 is 2.35 bits per heavy atom. The van der Waals surface area contributed by atoms with Crippen molar-refractivity contribution in [3.63, 3.8) is 0 Å². The first kappa shape index (κ1) is 22.2. The highest BCUT2D eigenvalue weighted by Gasteiger charge is 2.21. The monoisotopic (exact) mass is 420 g/mol. The summed E-state index contributed by atoms with van der Waals surface area (Å²) in [5.41, 5.74) is 2.75. The van der Waals surface area contributed by atoms with E-state index < -0.39 is 17.2 Å². The molecule has 0 aliphatic heterocycles. The van der Waals surface area contributed by atoms with E-state index in [9.17, 15) is 14.4 Å². The van der Waals surface area contributed by atoms with Gasteiger partial charge in [-0.05, 0) is 61.1 Å². The van der Waals surface area contributed by atoms with Crippen molar-refractivity contribution in [2.24, 2.45) is 5.92 Å². The molecule has 7 nitrogen and oxygen atoms in total. The second-order valence-corrected chi connectivity index (χ2v) is 8.23. The second kappa shape index (κ2) is 9.12. The normalized spacial score (nSPS) is 11.0. The Kier molecular flexibility index (Phi) is 6.53. The Balaban J connectivity index is 2.20. The summed E-state index contributed by atoms with van der Waals surface area (Å²) in [7, 11) is 0. The van der Waals surface area contributed by atoms with Crippen molar-refractivity contribution in [2.75, 3.05) is 6.54 Å². The third-order valence-corrected chi connectivity index (χ3v) is 5.27. The molecule has 0 fully saturated rings. The first-order chi connectivity index (χ1) is 14.7. The number of carbonyl (C=O) groups is 1. The molecule has 3 aromatic rings.